The standard InChI is InChI=1S/C25H22N2O3S.C23H20ClN3O2S.C22H18ClN3O2S/c1-15(28)19-5-3-4-6-20(19)17-9-12-23-24(13-17)27-25(26-23)22-14-21(22)16-7-10-18(11-8-16)31(2,29)30;1-30(28,29)27-20-5-3-2-4-17(20)15-8-11-21-22(12-15)26-23(25-21)19-13-18(19)14-6-9-16(24)10-7-14;23-15-8-5-13(6-9-15)17-12-18(17)22-25-19-10-7-14(11-20(19)26-22)16-3-1-2-4-21(16)29(24,27)28/h3-13,21-22H,14H2,1-2H3,(H,26,27);2-12,18-19,27H,13H2,1H3,(H,25,26);1-11,17-18H,12H2,(H,25,26)(H2,24,27,28). The highest BCUT2D eigenvalue weighted by Gasteiger charge is 2.44. The number of Topliss-reactive ketones (excluding diaryl/α,β-unsaturated/α-hetero) is 1. The average Bonchev–Trinajstić information content (AvgIpc) is 1.63. The number of aromatic amines is 3. The lowest BCUT2D eigenvalue weighted by Gasteiger charge is -2.10. The van der Waals surface area contributed by atoms with E-state index in [1.54, 1.807) is 43.3 Å². The SMILES string of the molecule is CC(=O)c1ccccc1-c1ccc2nc(C3CC3c3ccc(S(C)(=O)=O)cc3)[nH]c2c1.CS(=O)(=O)Nc1ccccc1-c1ccc2nc(C3CC3c3ccc(Cl)cc3)[nH]c2c1.NS(=O)(=O)c1ccccc1-c1ccc2nc(C3CC3c3ccc(Cl)cc3)[nH]c2c1. The summed E-state index contributed by atoms with van der Waals surface area (Å²) in [6.45, 7) is 1.58. The first kappa shape index (κ1) is 60.2. The van der Waals surface area contributed by atoms with Crippen LogP contribution >= 0.6 is 23.2 Å². The van der Waals surface area contributed by atoms with Gasteiger partial charge in [0.15, 0.2) is 15.6 Å². The zero-order chi connectivity index (χ0) is 62.8. The second kappa shape index (κ2) is 23.9. The molecule has 3 aromatic heterocycles. The molecule has 9 aromatic carbocycles. The van der Waals surface area contributed by atoms with Gasteiger partial charge < -0.3 is 15.0 Å². The molecule has 0 radical (unpaired) electrons. The van der Waals surface area contributed by atoms with Crippen LogP contribution in [0.1, 0.15) is 106 Å². The van der Waals surface area contributed by atoms with E-state index < -0.39 is 29.9 Å². The minimum absolute atomic E-state index is 0.0451. The van der Waals surface area contributed by atoms with E-state index in [1.807, 2.05) is 133 Å². The Morgan fingerprint density at radius 1 is 0.467 bits per heavy atom. The molecule has 0 spiro atoms. The molecule has 12 aromatic rings. The molecule has 0 saturated heterocycles. The number of sulfonamides is 2. The highest BCUT2D eigenvalue weighted by molar-refractivity contribution is 7.92. The zero-order valence-corrected chi connectivity index (χ0v) is 52.9. The quantitative estimate of drug-likeness (QED) is 0.0645. The van der Waals surface area contributed by atoms with E-state index in [0.717, 1.165) is 120 Å². The fraction of sp³-hybridized carbons (Fsp3) is 0.171. The summed E-state index contributed by atoms with van der Waals surface area (Å²) in [5.74, 6) is 5.20. The van der Waals surface area contributed by atoms with Crippen LogP contribution in [0.3, 0.4) is 0 Å². The zero-order valence-electron chi connectivity index (χ0n) is 48.9. The van der Waals surface area contributed by atoms with Crippen molar-refractivity contribution in [3.63, 3.8) is 0 Å². The number of nitrogens with one attached hydrogen (secondary N) is 4. The summed E-state index contributed by atoms with van der Waals surface area (Å²) < 4.78 is 73.2. The summed E-state index contributed by atoms with van der Waals surface area (Å²) in [4.78, 5) is 37.1. The largest absolute Gasteiger partial charge is 0.342 e. The van der Waals surface area contributed by atoms with Crippen molar-refractivity contribution < 1.29 is 30.0 Å². The molecule has 3 fully saturated rings. The summed E-state index contributed by atoms with van der Waals surface area (Å²) in [5, 5.41) is 6.87. The minimum atomic E-state index is -3.81. The Morgan fingerprint density at radius 2 is 0.844 bits per heavy atom. The van der Waals surface area contributed by atoms with Crippen LogP contribution in [0.25, 0.3) is 66.5 Å². The van der Waals surface area contributed by atoms with Crippen molar-refractivity contribution in [1.29, 1.82) is 0 Å². The van der Waals surface area contributed by atoms with Gasteiger partial charge in [0.25, 0.3) is 0 Å². The predicted molar refractivity (Wildman–Crippen MR) is 357 cm³/mol. The van der Waals surface area contributed by atoms with E-state index in [4.69, 9.17) is 43.3 Å². The molecule has 3 saturated carbocycles. The molecule has 3 aliphatic rings. The first-order valence-electron chi connectivity index (χ1n) is 29.2. The molecule has 15 rings (SSSR count). The van der Waals surface area contributed by atoms with Crippen molar-refractivity contribution in [3.05, 3.63) is 250 Å². The first-order valence-corrected chi connectivity index (χ1v) is 35.3. The molecule has 3 heterocycles. The number of nitrogens with two attached hydrogens (primary N) is 1. The number of carbonyl (C=O) groups is 1. The number of H-pyrrole nitrogens is 3. The molecular formula is C70H60Cl2N8O7S3. The number of ketones is 1. The number of hydrogen-bond donors (Lipinski definition) is 5. The number of nitrogens with zero attached hydrogens (tertiary/aromatic N) is 3. The molecule has 0 amide bonds. The second-order valence-corrected chi connectivity index (χ2v) is 29.6. The van der Waals surface area contributed by atoms with Gasteiger partial charge in [-0.05, 0) is 168 Å². The van der Waals surface area contributed by atoms with Crippen LogP contribution in [0.15, 0.2) is 210 Å². The Kier molecular flexibility index (Phi) is 16.0. The number of benzene rings is 9. The van der Waals surface area contributed by atoms with Gasteiger partial charge in [0.1, 0.15) is 17.5 Å². The normalized spacial score (nSPS) is 18.5. The van der Waals surface area contributed by atoms with Gasteiger partial charge in [-0.1, -0.05) is 138 Å². The van der Waals surface area contributed by atoms with Crippen molar-refractivity contribution >= 4 is 97.7 Å². The Bertz CT molecular complexity index is 5110. The molecule has 6 unspecified atom stereocenters. The van der Waals surface area contributed by atoms with E-state index in [9.17, 15) is 30.0 Å². The van der Waals surface area contributed by atoms with Crippen molar-refractivity contribution in [1.82, 2.24) is 29.9 Å². The third kappa shape index (κ3) is 13.1. The van der Waals surface area contributed by atoms with Crippen molar-refractivity contribution in [3.8, 4) is 33.4 Å². The minimum Gasteiger partial charge on any atom is -0.342 e. The number of fused-ring (bicyclic) bond motifs is 3. The average molecular weight is 1290 g/mol. The number of primary sulfonamides is 1. The van der Waals surface area contributed by atoms with Crippen molar-refractivity contribution in [2.45, 2.75) is 71.5 Å². The van der Waals surface area contributed by atoms with E-state index in [1.165, 1.54) is 23.4 Å². The molecule has 454 valence electrons. The Hall–Kier alpha value is -8.75. The van der Waals surface area contributed by atoms with E-state index >= 15 is 0 Å². The van der Waals surface area contributed by atoms with Gasteiger partial charge in [-0.3, -0.25) is 9.52 Å². The molecule has 3 aliphatic carbocycles. The fourth-order valence-corrected chi connectivity index (χ4v) is 14.3. The molecule has 90 heavy (non-hydrogen) atoms. The maximum absolute atomic E-state index is 12.0. The van der Waals surface area contributed by atoms with Gasteiger partial charge in [-0.2, -0.15) is 0 Å². The van der Waals surface area contributed by atoms with Gasteiger partial charge in [0, 0.05) is 50.7 Å². The van der Waals surface area contributed by atoms with Crippen LogP contribution in [0.5, 0.6) is 0 Å². The Labute approximate surface area is 531 Å². The van der Waals surface area contributed by atoms with Gasteiger partial charge in [-0.25, -0.2) is 45.3 Å². The maximum Gasteiger partial charge on any atom is 0.238 e. The number of carbonyl (C=O) groups excluding carboxylic acids is 1. The summed E-state index contributed by atoms with van der Waals surface area (Å²) >= 11 is 12.0. The van der Waals surface area contributed by atoms with Gasteiger partial charge in [0.05, 0.1) is 54.8 Å². The highest BCUT2D eigenvalue weighted by Crippen LogP contribution is 2.56. The van der Waals surface area contributed by atoms with Crippen molar-refractivity contribution in [2.75, 3.05) is 17.2 Å². The van der Waals surface area contributed by atoms with Gasteiger partial charge in [-0.15, -0.1) is 0 Å². The second-order valence-electron chi connectivity index (χ2n) is 23.4. The lowest BCUT2D eigenvalue weighted by Crippen LogP contribution is -2.13. The maximum atomic E-state index is 12.0. The lowest BCUT2D eigenvalue weighted by atomic mass is 9.97. The predicted octanol–water partition coefficient (Wildman–Crippen LogP) is 15.4. The van der Waals surface area contributed by atoms with Crippen LogP contribution in [0.4, 0.5) is 5.69 Å². The summed E-state index contributed by atoms with van der Waals surface area (Å²) in [6, 6.07) is 62.6. The molecule has 6 atom stereocenters. The summed E-state index contributed by atoms with van der Waals surface area (Å²) in [6.07, 6.45) is 5.47. The van der Waals surface area contributed by atoms with Gasteiger partial charge in [0.2, 0.25) is 20.0 Å². The molecule has 0 aliphatic heterocycles. The number of anilines is 1. The smallest absolute Gasteiger partial charge is 0.238 e. The highest BCUT2D eigenvalue weighted by atomic mass is 35.5. The van der Waals surface area contributed by atoms with Crippen LogP contribution in [0, 0.1) is 0 Å². The number of rotatable bonds is 14. The third-order valence-corrected chi connectivity index (χ3v) is 20.1. The van der Waals surface area contributed by atoms with Crippen LogP contribution in [-0.2, 0) is 29.9 Å². The number of imidazole rings is 3. The monoisotopic (exact) mass is 1290 g/mol. The van der Waals surface area contributed by atoms with E-state index in [-0.39, 0.29) is 10.7 Å². The number of halogens is 2. The van der Waals surface area contributed by atoms with Gasteiger partial charge >= 0.3 is 0 Å². The summed E-state index contributed by atoms with van der Waals surface area (Å²) in [5.41, 5.74) is 15.4. The topological polar surface area (TPSA) is 244 Å². The fourth-order valence-electron chi connectivity index (χ4n) is 12.1. The molecule has 6 N–H and O–H groups in total. The van der Waals surface area contributed by atoms with Crippen LogP contribution in [0.2, 0.25) is 10.0 Å². The number of sulfone groups is 1. The van der Waals surface area contributed by atoms with E-state index in [2.05, 4.69) is 43.9 Å². The van der Waals surface area contributed by atoms with Crippen LogP contribution < -0.4 is 9.86 Å². The molecule has 15 nitrogen and oxygen atoms in total. The van der Waals surface area contributed by atoms with E-state index in [0.29, 0.717) is 57.2 Å². The number of para-hydroxylation sites is 1. The molecule has 0 bridgehead atoms. The third-order valence-electron chi connectivity index (χ3n) is 16.9. The lowest BCUT2D eigenvalue weighted by molar-refractivity contribution is 0.101. The van der Waals surface area contributed by atoms with Crippen LogP contribution in [-0.4, -0.2) is 73.5 Å². The summed E-state index contributed by atoms with van der Waals surface area (Å²) in [7, 11) is -10.4. The molecule has 20 heteroatoms. The first-order chi connectivity index (χ1) is 43.1. The Morgan fingerprint density at radius 3 is 1.27 bits per heavy atom. The number of hydrogen-bond acceptors (Lipinski definition) is 10. The molecular weight excluding hydrogens is 1230 g/mol. The number of aromatic nitrogens is 6. The Balaban J connectivity index is 0.000000124. The van der Waals surface area contributed by atoms with Crippen molar-refractivity contribution in [2.24, 2.45) is 5.14 Å².